The van der Waals surface area contributed by atoms with Crippen LogP contribution in [0.3, 0.4) is 0 Å². The van der Waals surface area contributed by atoms with Gasteiger partial charge in [-0.2, -0.15) is 5.11 Å². The van der Waals surface area contributed by atoms with Crippen LogP contribution in [0.4, 0.5) is 15.8 Å². The van der Waals surface area contributed by atoms with E-state index in [4.69, 9.17) is 11.6 Å². The van der Waals surface area contributed by atoms with Crippen LogP contribution in [0.5, 0.6) is 0 Å². The second kappa shape index (κ2) is 5.63. The smallest absolute Gasteiger partial charge is 0.263 e. The van der Waals surface area contributed by atoms with E-state index in [1.165, 1.54) is 29.3 Å². The lowest BCUT2D eigenvalue weighted by molar-refractivity contribution is -0.121. The first-order valence-corrected chi connectivity index (χ1v) is 7.95. The van der Waals surface area contributed by atoms with Crippen molar-refractivity contribution in [1.82, 2.24) is 0 Å². The average molecular weight is 359 g/mol. The Labute approximate surface area is 147 Å². The fourth-order valence-electron chi connectivity index (χ4n) is 2.94. The van der Waals surface area contributed by atoms with Crippen molar-refractivity contribution in [2.75, 3.05) is 9.91 Å². The number of amides is 2. The SMILES string of the molecule is Cc1ccc(N2C(=O)[C@@H]3[C@@H](N=NN3c3ccc(F)cc3)C2=O)cc1Cl. The highest BCUT2D eigenvalue weighted by Gasteiger charge is 2.55. The van der Waals surface area contributed by atoms with Gasteiger partial charge in [0.25, 0.3) is 11.8 Å². The lowest BCUT2D eigenvalue weighted by Crippen LogP contribution is -2.39. The van der Waals surface area contributed by atoms with Gasteiger partial charge in [0.05, 0.1) is 11.4 Å². The van der Waals surface area contributed by atoms with Crippen molar-refractivity contribution < 1.29 is 14.0 Å². The second-order valence-electron chi connectivity index (χ2n) is 5.86. The van der Waals surface area contributed by atoms with Crippen LogP contribution in [0.15, 0.2) is 52.8 Å². The number of anilines is 2. The highest BCUT2D eigenvalue weighted by molar-refractivity contribution is 6.32. The van der Waals surface area contributed by atoms with Gasteiger partial charge in [-0.1, -0.05) is 22.9 Å². The van der Waals surface area contributed by atoms with Crippen molar-refractivity contribution in [3.8, 4) is 0 Å². The average Bonchev–Trinajstić information content (AvgIpc) is 3.12. The molecule has 1 saturated heterocycles. The lowest BCUT2D eigenvalue weighted by Gasteiger charge is -2.20. The molecule has 6 nitrogen and oxygen atoms in total. The molecule has 0 radical (unpaired) electrons. The minimum Gasteiger partial charge on any atom is -0.271 e. The summed E-state index contributed by atoms with van der Waals surface area (Å²) in [5, 5.41) is 9.67. The van der Waals surface area contributed by atoms with Gasteiger partial charge in [-0.3, -0.25) is 9.59 Å². The van der Waals surface area contributed by atoms with Crippen LogP contribution in [0.2, 0.25) is 5.02 Å². The number of imide groups is 1. The van der Waals surface area contributed by atoms with Crippen LogP contribution in [0.25, 0.3) is 0 Å². The Hall–Kier alpha value is -2.80. The third-order valence-corrected chi connectivity index (χ3v) is 4.69. The number of carbonyl (C=O) groups excluding carboxylic acids is 2. The van der Waals surface area contributed by atoms with Crippen LogP contribution < -0.4 is 9.91 Å². The first-order valence-electron chi connectivity index (χ1n) is 7.57. The van der Waals surface area contributed by atoms with E-state index in [0.29, 0.717) is 16.4 Å². The van der Waals surface area contributed by atoms with Gasteiger partial charge in [0.1, 0.15) is 5.82 Å². The number of benzene rings is 2. The maximum Gasteiger partial charge on any atom is 0.263 e. The van der Waals surface area contributed by atoms with Crippen molar-refractivity contribution >= 4 is 34.8 Å². The van der Waals surface area contributed by atoms with E-state index < -0.39 is 29.7 Å². The predicted octanol–water partition coefficient (Wildman–Crippen LogP) is 3.29. The zero-order valence-corrected chi connectivity index (χ0v) is 13.8. The number of nitrogens with zero attached hydrogens (tertiary/aromatic N) is 4. The second-order valence-corrected chi connectivity index (χ2v) is 6.27. The van der Waals surface area contributed by atoms with Gasteiger partial charge in [0, 0.05) is 5.02 Å². The van der Waals surface area contributed by atoms with E-state index in [0.717, 1.165) is 10.5 Å². The van der Waals surface area contributed by atoms with Crippen LogP contribution in [0.1, 0.15) is 5.56 Å². The van der Waals surface area contributed by atoms with Gasteiger partial charge in [-0.05, 0) is 48.9 Å². The van der Waals surface area contributed by atoms with E-state index in [-0.39, 0.29) is 0 Å². The minimum atomic E-state index is -0.919. The van der Waals surface area contributed by atoms with Crippen LogP contribution in [-0.4, -0.2) is 23.9 Å². The van der Waals surface area contributed by atoms with E-state index in [9.17, 15) is 14.0 Å². The number of halogens is 2. The number of fused-ring (bicyclic) bond motifs is 1. The quantitative estimate of drug-likeness (QED) is 0.774. The van der Waals surface area contributed by atoms with Gasteiger partial charge < -0.3 is 0 Å². The Balaban J connectivity index is 1.70. The first-order chi connectivity index (χ1) is 12.0. The van der Waals surface area contributed by atoms with Gasteiger partial charge in [-0.25, -0.2) is 14.3 Å². The molecule has 0 saturated carbocycles. The zero-order valence-electron chi connectivity index (χ0n) is 13.1. The Morgan fingerprint density at radius 1 is 1.04 bits per heavy atom. The van der Waals surface area contributed by atoms with Crippen LogP contribution >= 0.6 is 11.6 Å². The summed E-state index contributed by atoms with van der Waals surface area (Å²) in [6.45, 7) is 1.83. The van der Waals surface area contributed by atoms with Crippen LogP contribution in [-0.2, 0) is 9.59 Å². The summed E-state index contributed by atoms with van der Waals surface area (Å²) in [4.78, 5) is 26.6. The topological polar surface area (TPSA) is 65.3 Å². The minimum absolute atomic E-state index is 0.397. The molecule has 2 aromatic rings. The summed E-state index contributed by atoms with van der Waals surface area (Å²) in [7, 11) is 0. The van der Waals surface area contributed by atoms with Crippen molar-refractivity contribution in [2.45, 2.75) is 19.0 Å². The number of rotatable bonds is 2. The molecule has 0 N–H and O–H groups in total. The van der Waals surface area contributed by atoms with Crippen molar-refractivity contribution in [1.29, 1.82) is 0 Å². The molecule has 126 valence electrons. The molecule has 0 aromatic heterocycles. The highest BCUT2D eigenvalue weighted by atomic mass is 35.5. The van der Waals surface area contributed by atoms with Gasteiger partial charge in [0.2, 0.25) is 0 Å². The predicted molar refractivity (Wildman–Crippen MR) is 90.0 cm³/mol. The molecule has 0 unspecified atom stereocenters. The van der Waals surface area contributed by atoms with E-state index in [1.54, 1.807) is 18.2 Å². The lowest BCUT2D eigenvalue weighted by atomic mass is 10.1. The van der Waals surface area contributed by atoms with Gasteiger partial charge in [0.15, 0.2) is 12.1 Å². The maximum absolute atomic E-state index is 13.1. The molecule has 25 heavy (non-hydrogen) atoms. The largest absolute Gasteiger partial charge is 0.271 e. The van der Waals surface area contributed by atoms with Crippen LogP contribution in [0, 0.1) is 12.7 Å². The fourth-order valence-corrected chi connectivity index (χ4v) is 3.12. The summed E-state index contributed by atoms with van der Waals surface area (Å²) >= 11 is 6.11. The van der Waals surface area contributed by atoms with Gasteiger partial charge in [-0.15, -0.1) is 0 Å². The van der Waals surface area contributed by atoms with Crippen molar-refractivity contribution in [2.24, 2.45) is 10.3 Å². The molecular formula is C17H12ClFN4O2. The normalized spacial score (nSPS) is 22.0. The molecule has 0 bridgehead atoms. The molecule has 2 aromatic carbocycles. The summed E-state index contributed by atoms with van der Waals surface area (Å²) < 4.78 is 13.1. The van der Waals surface area contributed by atoms with E-state index in [1.807, 2.05) is 6.92 Å². The third-order valence-electron chi connectivity index (χ3n) is 4.29. The Bertz CT molecular complexity index is 915. The monoisotopic (exact) mass is 358 g/mol. The summed E-state index contributed by atoms with van der Waals surface area (Å²) in [5.74, 6) is -1.30. The van der Waals surface area contributed by atoms with Crippen molar-refractivity contribution in [3.63, 3.8) is 0 Å². The molecule has 8 heteroatoms. The van der Waals surface area contributed by atoms with E-state index >= 15 is 0 Å². The molecule has 2 atom stereocenters. The molecule has 2 aliphatic heterocycles. The zero-order chi connectivity index (χ0) is 17.7. The maximum atomic E-state index is 13.1. The number of carbonyl (C=O) groups is 2. The number of hydrogen-bond donors (Lipinski definition) is 0. The molecule has 2 aliphatic rings. The standard InChI is InChI=1S/C17H12ClFN4O2/c1-9-2-5-12(8-13(9)18)22-16(24)14-15(17(22)25)23(21-20-14)11-6-3-10(19)4-7-11/h2-8,14-15H,1H3/t14-,15+/m1/s1. The Kier molecular flexibility index (Phi) is 3.54. The molecule has 0 spiro atoms. The Morgan fingerprint density at radius 3 is 2.40 bits per heavy atom. The Morgan fingerprint density at radius 2 is 1.72 bits per heavy atom. The summed E-state index contributed by atoms with van der Waals surface area (Å²) in [5.41, 5.74) is 1.73. The molecular weight excluding hydrogens is 347 g/mol. The number of hydrogen-bond acceptors (Lipinski definition) is 5. The fraction of sp³-hybridized carbons (Fsp3) is 0.176. The third kappa shape index (κ3) is 2.39. The first kappa shape index (κ1) is 15.7. The highest BCUT2D eigenvalue weighted by Crippen LogP contribution is 2.35. The van der Waals surface area contributed by atoms with E-state index in [2.05, 4.69) is 10.3 Å². The molecule has 0 aliphatic carbocycles. The molecule has 4 rings (SSSR count). The van der Waals surface area contributed by atoms with Gasteiger partial charge >= 0.3 is 0 Å². The molecule has 2 amide bonds. The number of aryl methyl sites for hydroxylation is 1. The van der Waals surface area contributed by atoms with Crippen molar-refractivity contribution in [3.05, 3.63) is 58.9 Å². The molecule has 2 heterocycles. The summed E-state index contributed by atoms with van der Waals surface area (Å²) in [6, 6.07) is 8.68. The molecule has 1 fully saturated rings. The summed E-state index contributed by atoms with van der Waals surface area (Å²) in [6.07, 6.45) is 0.